The topological polar surface area (TPSA) is 29.1 Å². The molecule has 2 heterocycles. The van der Waals surface area contributed by atoms with Crippen LogP contribution in [-0.2, 0) is 4.79 Å². The summed E-state index contributed by atoms with van der Waals surface area (Å²) < 4.78 is 1.16. The van der Waals surface area contributed by atoms with Crippen LogP contribution < -0.4 is 5.32 Å². The van der Waals surface area contributed by atoms with Crippen molar-refractivity contribution in [1.29, 1.82) is 0 Å². The first-order valence-electron chi connectivity index (χ1n) is 8.30. The number of nitrogens with zero attached hydrogens (tertiary/aromatic N) is 1. The van der Waals surface area contributed by atoms with Crippen molar-refractivity contribution in [2.75, 3.05) is 13.6 Å². The molecule has 0 aromatic heterocycles. The first-order valence-corrected chi connectivity index (χ1v) is 8.30. The molecule has 2 fully saturated rings. The Morgan fingerprint density at radius 2 is 2.05 bits per heavy atom. The van der Waals surface area contributed by atoms with Gasteiger partial charge in [0.05, 0.1) is 25.7 Å². The Labute approximate surface area is 124 Å². The summed E-state index contributed by atoms with van der Waals surface area (Å²) >= 11 is 0. The summed E-state index contributed by atoms with van der Waals surface area (Å²) in [7, 11) is 2.39. The second kappa shape index (κ2) is 5.32. The zero-order valence-electron chi connectivity index (χ0n) is 14.2. The van der Waals surface area contributed by atoms with Gasteiger partial charge in [0.25, 0.3) is 0 Å². The highest BCUT2D eigenvalue weighted by Crippen LogP contribution is 2.35. The van der Waals surface area contributed by atoms with Crippen LogP contribution in [-0.4, -0.2) is 42.1 Å². The molecule has 20 heavy (non-hydrogen) atoms. The fourth-order valence-electron chi connectivity index (χ4n) is 4.06. The van der Waals surface area contributed by atoms with E-state index in [1.807, 2.05) is 0 Å². The van der Waals surface area contributed by atoms with Gasteiger partial charge in [-0.3, -0.25) is 4.79 Å². The number of rotatable bonds is 3. The number of likely N-dealkylation sites (tertiary alicyclic amines) is 1. The zero-order chi connectivity index (χ0) is 15.1. The van der Waals surface area contributed by atoms with Crippen molar-refractivity contribution in [1.82, 2.24) is 5.32 Å². The monoisotopic (exact) mass is 281 g/mol. The molecule has 3 heteroatoms. The quantitative estimate of drug-likeness (QED) is 0.792. The first kappa shape index (κ1) is 15.8. The molecule has 2 saturated heterocycles. The van der Waals surface area contributed by atoms with E-state index in [-0.39, 0.29) is 17.2 Å². The second-order valence-electron chi connectivity index (χ2n) is 8.51. The van der Waals surface area contributed by atoms with Gasteiger partial charge in [0.1, 0.15) is 0 Å². The molecule has 5 unspecified atom stereocenters. The summed E-state index contributed by atoms with van der Waals surface area (Å²) in [4.78, 5) is 12.2. The predicted molar refractivity (Wildman–Crippen MR) is 83.3 cm³/mol. The minimum absolute atomic E-state index is 0.174. The number of quaternary nitrogens is 1. The first-order chi connectivity index (χ1) is 9.14. The molecule has 0 radical (unpaired) electrons. The van der Waals surface area contributed by atoms with Crippen LogP contribution in [0, 0.1) is 11.3 Å². The van der Waals surface area contributed by atoms with Gasteiger partial charge in [-0.1, -0.05) is 20.8 Å². The lowest BCUT2D eigenvalue weighted by molar-refractivity contribution is -0.941. The van der Waals surface area contributed by atoms with Gasteiger partial charge in [-0.15, -0.1) is 0 Å². The van der Waals surface area contributed by atoms with Gasteiger partial charge >= 0.3 is 0 Å². The molecule has 0 saturated carbocycles. The van der Waals surface area contributed by atoms with Crippen LogP contribution in [0.3, 0.4) is 0 Å². The summed E-state index contributed by atoms with van der Waals surface area (Å²) in [6.07, 6.45) is 4.73. The van der Waals surface area contributed by atoms with E-state index in [9.17, 15) is 4.79 Å². The molecule has 1 N–H and O–H groups in total. The van der Waals surface area contributed by atoms with Gasteiger partial charge in [-0.2, -0.15) is 0 Å². The van der Waals surface area contributed by atoms with Crippen LogP contribution in [0.4, 0.5) is 0 Å². The maximum absolute atomic E-state index is 12.2. The van der Waals surface area contributed by atoms with Crippen LogP contribution >= 0.6 is 0 Å². The van der Waals surface area contributed by atoms with Crippen molar-refractivity contribution in [3.05, 3.63) is 0 Å². The van der Waals surface area contributed by atoms with E-state index < -0.39 is 0 Å². The molecule has 0 aromatic carbocycles. The van der Waals surface area contributed by atoms with Gasteiger partial charge in [-0.05, 0) is 25.7 Å². The number of carbonyl (C=O) groups excluding carboxylic acids is 1. The standard InChI is InChI=1S/C17H32N2O/c1-12-8-7-9-19(12,6)13(2)10-14-11-15(17(3,4)5)18-16(14)20/h12-15H,7-11H2,1-6H3/p+1. The van der Waals surface area contributed by atoms with Crippen molar-refractivity contribution < 1.29 is 9.28 Å². The van der Waals surface area contributed by atoms with E-state index in [4.69, 9.17) is 0 Å². The van der Waals surface area contributed by atoms with E-state index >= 15 is 0 Å². The van der Waals surface area contributed by atoms with Crippen LogP contribution in [0.2, 0.25) is 0 Å². The largest absolute Gasteiger partial charge is 0.353 e. The van der Waals surface area contributed by atoms with Crippen LogP contribution in [0.25, 0.3) is 0 Å². The van der Waals surface area contributed by atoms with E-state index in [2.05, 4.69) is 47.0 Å². The summed E-state index contributed by atoms with van der Waals surface area (Å²) in [6, 6.07) is 1.67. The smallest absolute Gasteiger partial charge is 0.223 e. The fraction of sp³-hybridized carbons (Fsp3) is 0.941. The van der Waals surface area contributed by atoms with E-state index in [0.717, 1.165) is 23.4 Å². The molecular weight excluding hydrogens is 248 g/mol. The SMILES string of the molecule is CC1CCC[N+]1(C)C(C)CC1CC(C(C)(C)C)NC1=O. The third kappa shape index (κ3) is 2.88. The van der Waals surface area contributed by atoms with Gasteiger partial charge in [-0.25, -0.2) is 0 Å². The van der Waals surface area contributed by atoms with Crippen molar-refractivity contribution >= 4 is 5.91 Å². The number of amides is 1. The lowest BCUT2D eigenvalue weighted by atomic mass is 9.83. The average Bonchev–Trinajstić information content (AvgIpc) is 2.85. The molecule has 0 aliphatic carbocycles. The maximum Gasteiger partial charge on any atom is 0.223 e. The average molecular weight is 281 g/mol. The van der Waals surface area contributed by atoms with Gasteiger partial charge in [0.2, 0.25) is 5.91 Å². The number of hydrogen-bond donors (Lipinski definition) is 1. The molecule has 0 spiro atoms. The van der Waals surface area contributed by atoms with E-state index in [0.29, 0.717) is 12.1 Å². The molecule has 0 aromatic rings. The highest BCUT2D eigenvalue weighted by atomic mass is 16.2. The summed E-state index contributed by atoms with van der Waals surface area (Å²) in [5.74, 6) is 0.507. The normalized spacial score (nSPS) is 39.9. The molecule has 2 aliphatic heterocycles. The molecule has 2 rings (SSSR count). The second-order valence-corrected chi connectivity index (χ2v) is 8.51. The number of nitrogens with one attached hydrogen (secondary N) is 1. The lowest BCUT2D eigenvalue weighted by Crippen LogP contribution is -2.53. The minimum Gasteiger partial charge on any atom is -0.353 e. The van der Waals surface area contributed by atoms with Crippen molar-refractivity contribution in [2.24, 2.45) is 11.3 Å². The number of hydrogen-bond acceptors (Lipinski definition) is 1. The summed E-state index contributed by atoms with van der Waals surface area (Å²) in [5, 5.41) is 3.22. The summed E-state index contributed by atoms with van der Waals surface area (Å²) in [6.45, 7) is 12.7. The Morgan fingerprint density at radius 1 is 1.40 bits per heavy atom. The number of carbonyl (C=O) groups is 1. The Bertz CT molecular complexity index is 374. The fourth-order valence-corrected chi connectivity index (χ4v) is 4.06. The third-order valence-corrected chi connectivity index (χ3v) is 6.15. The van der Waals surface area contributed by atoms with E-state index in [1.54, 1.807) is 0 Å². The molecule has 0 bridgehead atoms. The lowest BCUT2D eigenvalue weighted by Gasteiger charge is -2.41. The molecule has 2 aliphatic rings. The van der Waals surface area contributed by atoms with Crippen LogP contribution in [0.5, 0.6) is 0 Å². The maximum atomic E-state index is 12.2. The van der Waals surface area contributed by atoms with Crippen LogP contribution in [0.1, 0.15) is 60.3 Å². The zero-order valence-corrected chi connectivity index (χ0v) is 14.2. The molecule has 116 valence electrons. The Hall–Kier alpha value is -0.570. The Kier molecular flexibility index (Phi) is 4.21. The minimum atomic E-state index is 0.174. The molecule has 1 amide bonds. The van der Waals surface area contributed by atoms with Crippen LogP contribution in [0.15, 0.2) is 0 Å². The van der Waals surface area contributed by atoms with Gasteiger partial charge in [0.15, 0.2) is 0 Å². The molecular formula is C17H33N2O+. The van der Waals surface area contributed by atoms with Gasteiger partial charge in [0, 0.05) is 31.2 Å². The Morgan fingerprint density at radius 3 is 2.50 bits per heavy atom. The van der Waals surface area contributed by atoms with Crippen molar-refractivity contribution in [2.45, 2.75) is 78.4 Å². The van der Waals surface area contributed by atoms with E-state index in [1.165, 1.54) is 19.4 Å². The highest BCUT2D eigenvalue weighted by Gasteiger charge is 2.44. The molecule has 5 atom stereocenters. The highest BCUT2D eigenvalue weighted by molar-refractivity contribution is 5.81. The van der Waals surface area contributed by atoms with Crippen molar-refractivity contribution in [3.8, 4) is 0 Å². The predicted octanol–water partition coefficient (Wildman–Crippen LogP) is 2.94. The van der Waals surface area contributed by atoms with Crippen molar-refractivity contribution in [3.63, 3.8) is 0 Å². The summed E-state index contributed by atoms with van der Waals surface area (Å²) in [5.41, 5.74) is 0.174. The third-order valence-electron chi connectivity index (χ3n) is 6.15. The Balaban J connectivity index is 1.98. The van der Waals surface area contributed by atoms with Gasteiger partial charge < -0.3 is 9.80 Å². The molecule has 3 nitrogen and oxygen atoms in total.